The average Bonchev–Trinajstić information content (AvgIpc) is 3.40. The molecule has 0 saturated heterocycles. The number of hydrogen-bond acceptors (Lipinski definition) is 4. The first-order valence-corrected chi connectivity index (χ1v) is 9.24. The third kappa shape index (κ3) is 7.10. The van der Waals surface area contributed by atoms with Gasteiger partial charge < -0.3 is 15.4 Å². The van der Waals surface area contributed by atoms with Gasteiger partial charge in [-0.3, -0.25) is 9.56 Å². The maximum absolute atomic E-state index is 5.64. The maximum Gasteiger partial charge on any atom is 0.191 e. The van der Waals surface area contributed by atoms with Crippen molar-refractivity contribution in [2.24, 2.45) is 10.9 Å². The number of guanidine groups is 1. The molecule has 1 fully saturated rings. The summed E-state index contributed by atoms with van der Waals surface area (Å²) in [4.78, 5) is 13.0. The van der Waals surface area contributed by atoms with E-state index in [2.05, 4.69) is 31.7 Å². The summed E-state index contributed by atoms with van der Waals surface area (Å²) < 4.78 is 7.60. The molecule has 2 N–H and O–H groups in total. The number of aliphatic imine (C=N–C) groups is 1. The first-order chi connectivity index (χ1) is 12.8. The van der Waals surface area contributed by atoms with Crippen LogP contribution in [-0.4, -0.2) is 47.3 Å². The van der Waals surface area contributed by atoms with Crippen LogP contribution in [0.25, 0.3) is 5.82 Å². The lowest BCUT2D eigenvalue weighted by Crippen LogP contribution is -2.37. The number of halogens is 1. The van der Waals surface area contributed by atoms with E-state index in [-0.39, 0.29) is 24.0 Å². The summed E-state index contributed by atoms with van der Waals surface area (Å²) in [6.07, 6.45) is 9.22. The van der Waals surface area contributed by atoms with Gasteiger partial charge in [-0.15, -0.1) is 24.0 Å². The Labute approximate surface area is 178 Å². The minimum Gasteiger partial charge on any atom is -0.381 e. The highest BCUT2D eigenvalue weighted by Crippen LogP contribution is 2.28. The molecule has 1 aliphatic rings. The number of nitrogens with zero attached hydrogens (tertiary/aromatic N) is 4. The van der Waals surface area contributed by atoms with Gasteiger partial charge in [0.1, 0.15) is 11.6 Å². The summed E-state index contributed by atoms with van der Waals surface area (Å²) in [6.45, 7) is 5.22. The SMILES string of the molecule is CN=C(NCCCOCC1CC1)NCc1ccc(-n2ccnc2C)nc1.I. The Hall–Kier alpha value is -1.68. The Morgan fingerprint density at radius 2 is 2.15 bits per heavy atom. The molecule has 2 aromatic rings. The van der Waals surface area contributed by atoms with Crippen molar-refractivity contribution < 1.29 is 4.74 Å². The van der Waals surface area contributed by atoms with Gasteiger partial charge in [-0.1, -0.05) is 6.07 Å². The Bertz CT molecular complexity index is 711. The van der Waals surface area contributed by atoms with Gasteiger partial charge in [-0.2, -0.15) is 0 Å². The highest BCUT2D eigenvalue weighted by Gasteiger charge is 2.20. The van der Waals surface area contributed by atoms with Crippen LogP contribution < -0.4 is 10.6 Å². The van der Waals surface area contributed by atoms with Gasteiger partial charge in [0.25, 0.3) is 0 Å². The molecular weight excluding hydrogens is 455 g/mol. The quantitative estimate of drug-likeness (QED) is 0.248. The van der Waals surface area contributed by atoms with Crippen molar-refractivity contribution in [2.75, 3.05) is 26.8 Å². The lowest BCUT2D eigenvalue weighted by molar-refractivity contribution is 0.123. The number of hydrogen-bond donors (Lipinski definition) is 2. The summed E-state index contributed by atoms with van der Waals surface area (Å²) in [5.74, 6) is 3.42. The van der Waals surface area contributed by atoms with E-state index in [0.29, 0.717) is 6.54 Å². The lowest BCUT2D eigenvalue weighted by atomic mass is 10.3. The molecule has 8 heteroatoms. The minimum absolute atomic E-state index is 0. The molecule has 0 spiro atoms. The van der Waals surface area contributed by atoms with Crippen LogP contribution in [0.1, 0.15) is 30.7 Å². The van der Waals surface area contributed by atoms with E-state index in [1.54, 1.807) is 13.2 Å². The van der Waals surface area contributed by atoms with E-state index >= 15 is 0 Å². The van der Waals surface area contributed by atoms with E-state index < -0.39 is 0 Å². The number of pyridine rings is 1. The summed E-state index contributed by atoms with van der Waals surface area (Å²) in [7, 11) is 1.78. The predicted molar refractivity (Wildman–Crippen MR) is 118 cm³/mol. The van der Waals surface area contributed by atoms with Crippen LogP contribution in [0.2, 0.25) is 0 Å². The number of aryl methyl sites for hydroxylation is 1. The number of nitrogens with one attached hydrogen (secondary N) is 2. The summed E-state index contributed by atoms with van der Waals surface area (Å²) in [5, 5.41) is 6.62. The Morgan fingerprint density at radius 1 is 1.30 bits per heavy atom. The molecule has 1 saturated carbocycles. The van der Waals surface area contributed by atoms with Crippen LogP contribution >= 0.6 is 24.0 Å². The van der Waals surface area contributed by atoms with E-state index in [9.17, 15) is 0 Å². The molecule has 27 heavy (non-hydrogen) atoms. The van der Waals surface area contributed by atoms with E-state index in [1.807, 2.05) is 30.0 Å². The molecule has 0 radical (unpaired) electrons. The number of rotatable bonds is 9. The fourth-order valence-electron chi connectivity index (χ4n) is 2.61. The molecule has 3 rings (SSSR count). The molecule has 0 amide bonds. The van der Waals surface area contributed by atoms with Crippen molar-refractivity contribution in [3.63, 3.8) is 0 Å². The van der Waals surface area contributed by atoms with Gasteiger partial charge in [-0.05, 0) is 43.7 Å². The molecule has 0 unspecified atom stereocenters. The van der Waals surface area contributed by atoms with Gasteiger partial charge in [-0.25, -0.2) is 9.97 Å². The van der Waals surface area contributed by atoms with Gasteiger partial charge in [0.2, 0.25) is 0 Å². The van der Waals surface area contributed by atoms with Gasteiger partial charge in [0, 0.05) is 51.9 Å². The zero-order valence-corrected chi connectivity index (χ0v) is 18.3. The third-order valence-electron chi connectivity index (χ3n) is 4.37. The molecule has 0 bridgehead atoms. The smallest absolute Gasteiger partial charge is 0.191 e. The average molecular weight is 484 g/mol. The second kappa shape index (κ2) is 11.2. The first kappa shape index (κ1) is 21.6. The lowest BCUT2D eigenvalue weighted by Gasteiger charge is -2.12. The maximum atomic E-state index is 5.64. The van der Waals surface area contributed by atoms with Crippen molar-refractivity contribution >= 4 is 29.9 Å². The molecule has 2 aromatic heterocycles. The molecule has 7 nitrogen and oxygen atoms in total. The summed E-state index contributed by atoms with van der Waals surface area (Å²) in [6, 6.07) is 4.06. The van der Waals surface area contributed by atoms with Crippen LogP contribution in [0, 0.1) is 12.8 Å². The summed E-state index contributed by atoms with van der Waals surface area (Å²) >= 11 is 0. The van der Waals surface area contributed by atoms with Crippen molar-refractivity contribution in [3.05, 3.63) is 42.1 Å². The molecule has 0 atom stereocenters. The normalized spacial score (nSPS) is 13.9. The van der Waals surface area contributed by atoms with Crippen LogP contribution in [0.4, 0.5) is 0 Å². The van der Waals surface area contributed by atoms with Crippen LogP contribution in [0.5, 0.6) is 0 Å². The van der Waals surface area contributed by atoms with Gasteiger partial charge in [0.15, 0.2) is 5.96 Å². The molecule has 0 aliphatic heterocycles. The van der Waals surface area contributed by atoms with Gasteiger partial charge in [0.05, 0.1) is 0 Å². The number of aromatic nitrogens is 3. The standard InChI is InChI=1S/C19H28N6O.HI/c1-15-21-9-10-25(15)18-7-6-17(12-23-18)13-24-19(20-2)22-8-3-11-26-14-16-4-5-16;/h6-7,9-10,12,16H,3-5,8,11,13-14H2,1-2H3,(H2,20,22,24);1H. The van der Waals surface area contributed by atoms with Crippen molar-refractivity contribution in [1.29, 1.82) is 0 Å². The van der Waals surface area contributed by atoms with Crippen molar-refractivity contribution in [3.8, 4) is 5.82 Å². The van der Waals surface area contributed by atoms with Crippen molar-refractivity contribution in [1.82, 2.24) is 25.2 Å². The van der Waals surface area contributed by atoms with E-state index in [0.717, 1.165) is 55.3 Å². The van der Waals surface area contributed by atoms with Crippen LogP contribution in [0.3, 0.4) is 0 Å². The first-order valence-electron chi connectivity index (χ1n) is 9.24. The highest BCUT2D eigenvalue weighted by molar-refractivity contribution is 14.0. The molecule has 1 aliphatic carbocycles. The topological polar surface area (TPSA) is 76.4 Å². The fraction of sp³-hybridized carbons (Fsp3) is 0.526. The number of ether oxygens (including phenoxy) is 1. The Balaban J connectivity index is 0.00000261. The van der Waals surface area contributed by atoms with E-state index in [4.69, 9.17) is 4.74 Å². The zero-order chi connectivity index (χ0) is 18.2. The largest absolute Gasteiger partial charge is 0.381 e. The molecular formula is C19H29IN6O. The predicted octanol–water partition coefficient (Wildman–Crippen LogP) is 2.68. The summed E-state index contributed by atoms with van der Waals surface area (Å²) in [5.41, 5.74) is 1.10. The highest BCUT2D eigenvalue weighted by atomic mass is 127. The van der Waals surface area contributed by atoms with Crippen LogP contribution in [0.15, 0.2) is 35.7 Å². The second-order valence-corrected chi connectivity index (χ2v) is 6.59. The molecule has 0 aromatic carbocycles. The second-order valence-electron chi connectivity index (χ2n) is 6.59. The zero-order valence-electron chi connectivity index (χ0n) is 16.0. The fourth-order valence-corrected chi connectivity index (χ4v) is 2.61. The van der Waals surface area contributed by atoms with Gasteiger partial charge >= 0.3 is 0 Å². The third-order valence-corrected chi connectivity index (χ3v) is 4.37. The number of imidazole rings is 1. The Kier molecular flexibility index (Phi) is 8.99. The Morgan fingerprint density at radius 3 is 2.78 bits per heavy atom. The minimum atomic E-state index is 0. The molecule has 2 heterocycles. The monoisotopic (exact) mass is 484 g/mol. The molecule has 148 valence electrons. The van der Waals surface area contributed by atoms with Crippen molar-refractivity contribution in [2.45, 2.75) is 32.7 Å². The van der Waals surface area contributed by atoms with E-state index in [1.165, 1.54) is 12.8 Å². The van der Waals surface area contributed by atoms with Crippen LogP contribution in [-0.2, 0) is 11.3 Å².